The van der Waals surface area contributed by atoms with Crippen LogP contribution in [0.25, 0.3) is 0 Å². The van der Waals surface area contributed by atoms with E-state index in [0.29, 0.717) is 17.0 Å². The number of amidine groups is 1. The smallest absolute Gasteiger partial charge is 0.251 e. The second-order valence-corrected chi connectivity index (χ2v) is 4.10. The van der Waals surface area contributed by atoms with Gasteiger partial charge in [0.25, 0.3) is 5.91 Å². The molecule has 0 aliphatic carbocycles. The SMILES string of the molecule is Cn1cnnc1CNC(=O)c1ccc(C(N)=NO)cc1. The summed E-state index contributed by atoms with van der Waals surface area (Å²) in [7, 11) is 1.80. The number of rotatable bonds is 4. The number of nitrogens with zero attached hydrogens (tertiary/aromatic N) is 4. The summed E-state index contributed by atoms with van der Waals surface area (Å²) in [5.74, 6) is 0.418. The fourth-order valence-electron chi connectivity index (χ4n) is 1.58. The molecule has 0 saturated heterocycles. The molecule has 20 heavy (non-hydrogen) atoms. The van der Waals surface area contributed by atoms with Gasteiger partial charge >= 0.3 is 0 Å². The molecule has 0 atom stereocenters. The molecule has 1 amide bonds. The van der Waals surface area contributed by atoms with Crippen molar-refractivity contribution in [2.24, 2.45) is 17.9 Å². The van der Waals surface area contributed by atoms with Crippen molar-refractivity contribution >= 4 is 11.7 Å². The van der Waals surface area contributed by atoms with Gasteiger partial charge in [-0.2, -0.15) is 0 Å². The van der Waals surface area contributed by atoms with Crippen LogP contribution in [0.3, 0.4) is 0 Å². The summed E-state index contributed by atoms with van der Waals surface area (Å²) >= 11 is 0. The predicted molar refractivity (Wildman–Crippen MR) is 71.1 cm³/mol. The van der Waals surface area contributed by atoms with E-state index >= 15 is 0 Å². The van der Waals surface area contributed by atoms with E-state index in [9.17, 15) is 4.79 Å². The van der Waals surface area contributed by atoms with Crippen LogP contribution in [-0.2, 0) is 13.6 Å². The van der Waals surface area contributed by atoms with E-state index in [-0.39, 0.29) is 18.3 Å². The molecular weight excluding hydrogens is 260 g/mol. The van der Waals surface area contributed by atoms with Crippen molar-refractivity contribution in [3.05, 3.63) is 47.5 Å². The molecule has 0 aliphatic heterocycles. The molecule has 0 aliphatic rings. The Bertz CT molecular complexity index is 632. The maximum absolute atomic E-state index is 11.9. The molecule has 0 fully saturated rings. The van der Waals surface area contributed by atoms with E-state index in [1.54, 1.807) is 42.2 Å². The summed E-state index contributed by atoms with van der Waals surface area (Å²) in [4.78, 5) is 11.9. The maximum Gasteiger partial charge on any atom is 0.251 e. The molecule has 8 nitrogen and oxygen atoms in total. The van der Waals surface area contributed by atoms with Crippen molar-refractivity contribution in [1.82, 2.24) is 20.1 Å². The Labute approximate surface area is 114 Å². The number of amides is 1. The molecule has 0 radical (unpaired) electrons. The summed E-state index contributed by atoms with van der Waals surface area (Å²) in [5.41, 5.74) is 6.45. The number of aromatic nitrogens is 3. The number of hydrogen-bond acceptors (Lipinski definition) is 5. The lowest BCUT2D eigenvalue weighted by Crippen LogP contribution is -2.24. The normalized spacial score (nSPS) is 11.3. The van der Waals surface area contributed by atoms with Crippen LogP contribution in [0.1, 0.15) is 21.7 Å². The zero-order chi connectivity index (χ0) is 14.5. The molecular formula is C12H14N6O2. The molecule has 2 aromatic rings. The fourth-order valence-corrected chi connectivity index (χ4v) is 1.58. The van der Waals surface area contributed by atoms with Gasteiger partial charge in [-0.3, -0.25) is 4.79 Å². The first-order valence-electron chi connectivity index (χ1n) is 5.81. The van der Waals surface area contributed by atoms with E-state index < -0.39 is 0 Å². The van der Waals surface area contributed by atoms with Gasteiger partial charge in [-0.15, -0.1) is 10.2 Å². The van der Waals surface area contributed by atoms with Gasteiger partial charge in [0.2, 0.25) is 0 Å². The Morgan fingerprint density at radius 2 is 2.05 bits per heavy atom. The van der Waals surface area contributed by atoms with Gasteiger partial charge in [0.05, 0.1) is 6.54 Å². The van der Waals surface area contributed by atoms with Crippen LogP contribution in [0.2, 0.25) is 0 Å². The standard InChI is InChI=1S/C12H14N6O2/c1-18-7-15-16-10(18)6-14-12(19)9-4-2-8(3-5-9)11(13)17-20/h2-5,7,20H,6H2,1H3,(H2,13,17)(H,14,19). The van der Waals surface area contributed by atoms with Crippen molar-refractivity contribution in [3.8, 4) is 0 Å². The first kappa shape index (κ1) is 13.5. The molecule has 0 saturated carbocycles. The molecule has 8 heteroatoms. The monoisotopic (exact) mass is 274 g/mol. The largest absolute Gasteiger partial charge is 0.409 e. The minimum atomic E-state index is -0.237. The van der Waals surface area contributed by atoms with Gasteiger partial charge in [0.15, 0.2) is 11.7 Å². The second kappa shape index (κ2) is 5.83. The Kier molecular flexibility index (Phi) is 3.94. The third kappa shape index (κ3) is 2.91. The highest BCUT2D eigenvalue weighted by molar-refractivity contribution is 5.99. The van der Waals surface area contributed by atoms with Crippen molar-refractivity contribution in [3.63, 3.8) is 0 Å². The summed E-state index contributed by atoms with van der Waals surface area (Å²) < 4.78 is 1.72. The molecule has 1 aromatic heterocycles. The van der Waals surface area contributed by atoms with E-state index in [1.807, 2.05) is 0 Å². The fraction of sp³-hybridized carbons (Fsp3) is 0.167. The summed E-state index contributed by atoms with van der Waals surface area (Å²) in [5, 5.41) is 21.8. The summed E-state index contributed by atoms with van der Waals surface area (Å²) in [6.07, 6.45) is 1.56. The number of nitrogens with one attached hydrogen (secondary N) is 1. The van der Waals surface area contributed by atoms with E-state index in [1.165, 1.54) is 0 Å². The van der Waals surface area contributed by atoms with Crippen LogP contribution in [0.4, 0.5) is 0 Å². The quantitative estimate of drug-likeness (QED) is 0.310. The lowest BCUT2D eigenvalue weighted by molar-refractivity contribution is 0.0949. The molecule has 2 rings (SSSR count). The molecule has 104 valence electrons. The van der Waals surface area contributed by atoms with Gasteiger partial charge in [0, 0.05) is 18.2 Å². The summed E-state index contributed by atoms with van der Waals surface area (Å²) in [6, 6.07) is 6.40. The number of aryl methyl sites for hydroxylation is 1. The number of nitrogens with two attached hydrogens (primary N) is 1. The molecule has 0 spiro atoms. The van der Waals surface area contributed by atoms with Gasteiger partial charge in [0.1, 0.15) is 6.33 Å². The Morgan fingerprint density at radius 1 is 1.40 bits per heavy atom. The Hall–Kier alpha value is -2.90. The van der Waals surface area contributed by atoms with Crippen molar-refractivity contribution in [2.75, 3.05) is 0 Å². The molecule has 4 N–H and O–H groups in total. The number of benzene rings is 1. The molecule has 1 heterocycles. The number of hydrogen-bond donors (Lipinski definition) is 3. The van der Waals surface area contributed by atoms with Crippen LogP contribution in [-0.4, -0.2) is 31.7 Å². The van der Waals surface area contributed by atoms with Crippen LogP contribution >= 0.6 is 0 Å². The number of carbonyl (C=O) groups is 1. The average molecular weight is 274 g/mol. The van der Waals surface area contributed by atoms with E-state index in [2.05, 4.69) is 20.7 Å². The van der Waals surface area contributed by atoms with E-state index in [4.69, 9.17) is 10.9 Å². The van der Waals surface area contributed by atoms with Gasteiger partial charge in [-0.05, 0) is 12.1 Å². The zero-order valence-electron chi connectivity index (χ0n) is 10.8. The van der Waals surface area contributed by atoms with Crippen LogP contribution in [0.15, 0.2) is 35.7 Å². The van der Waals surface area contributed by atoms with Gasteiger partial charge in [-0.25, -0.2) is 0 Å². The zero-order valence-corrected chi connectivity index (χ0v) is 10.8. The number of carbonyl (C=O) groups excluding carboxylic acids is 1. The topological polar surface area (TPSA) is 118 Å². The molecule has 0 bridgehead atoms. The van der Waals surface area contributed by atoms with Gasteiger partial charge < -0.3 is 20.8 Å². The van der Waals surface area contributed by atoms with Crippen molar-refractivity contribution < 1.29 is 10.0 Å². The molecule has 1 aromatic carbocycles. The van der Waals surface area contributed by atoms with E-state index in [0.717, 1.165) is 0 Å². The van der Waals surface area contributed by atoms with Crippen molar-refractivity contribution in [1.29, 1.82) is 0 Å². The Morgan fingerprint density at radius 3 is 2.60 bits per heavy atom. The van der Waals surface area contributed by atoms with Gasteiger partial charge in [-0.1, -0.05) is 17.3 Å². The highest BCUT2D eigenvalue weighted by Gasteiger charge is 2.08. The molecule has 0 unspecified atom stereocenters. The first-order valence-corrected chi connectivity index (χ1v) is 5.81. The number of oxime groups is 1. The summed E-state index contributed by atoms with van der Waals surface area (Å²) in [6.45, 7) is 0.289. The van der Waals surface area contributed by atoms with Crippen LogP contribution in [0.5, 0.6) is 0 Å². The first-order chi connectivity index (χ1) is 9.61. The minimum Gasteiger partial charge on any atom is -0.409 e. The maximum atomic E-state index is 11.9. The van der Waals surface area contributed by atoms with Crippen LogP contribution in [0, 0.1) is 0 Å². The third-order valence-corrected chi connectivity index (χ3v) is 2.76. The third-order valence-electron chi connectivity index (χ3n) is 2.76. The van der Waals surface area contributed by atoms with Crippen LogP contribution < -0.4 is 11.1 Å². The second-order valence-electron chi connectivity index (χ2n) is 4.10. The minimum absolute atomic E-state index is 0.00366. The highest BCUT2D eigenvalue weighted by Crippen LogP contribution is 2.04. The Balaban J connectivity index is 2.01. The highest BCUT2D eigenvalue weighted by atomic mass is 16.4. The predicted octanol–water partition coefficient (Wildman–Crippen LogP) is -0.160. The van der Waals surface area contributed by atoms with Crippen molar-refractivity contribution in [2.45, 2.75) is 6.54 Å². The lowest BCUT2D eigenvalue weighted by Gasteiger charge is -2.05. The lowest BCUT2D eigenvalue weighted by atomic mass is 10.1. The average Bonchev–Trinajstić information content (AvgIpc) is 2.89.